The molecule has 2 rings (SSSR count). The number of nitrogens with two attached hydrogens (primary N) is 1. The second-order valence-electron chi connectivity index (χ2n) is 5.65. The first kappa shape index (κ1) is 13.3. The molecule has 4 heteroatoms. The maximum Gasteiger partial charge on any atom is 0.0743 e. The van der Waals surface area contributed by atoms with Gasteiger partial charge in [0.15, 0.2) is 0 Å². The molecule has 0 radical (unpaired) electrons. The Hall–Kier alpha value is -0.160. The second kappa shape index (κ2) is 6.14. The molecule has 2 fully saturated rings. The third-order valence-corrected chi connectivity index (χ3v) is 4.06. The van der Waals surface area contributed by atoms with Crippen molar-refractivity contribution in [1.82, 2.24) is 9.80 Å². The summed E-state index contributed by atoms with van der Waals surface area (Å²) in [6.07, 6.45) is 5.38. The van der Waals surface area contributed by atoms with Crippen LogP contribution in [0, 0.1) is 0 Å². The zero-order valence-electron chi connectivity index (χ0n) is 11.3. The molecule has 0 saturated carbocycles. The molecule has 2 heterocycles. The summed E-state index contributed by atoms with van der Waals surface area (Å²) in [6, 6.07) is 1.10. The fourth-order valence-electron chi connectivity index (χ4n) is 3.32. The van der Waals surface area contributed by atoms with Gasteiger partial charge in [0.1, 0.15) is 0 Å². The summed E-state index contributed by atoms with van der Waals surface area (Å²) in [5, 5.41) is 0. The molecular formula is C13H27N3O. The third-order valence-electron chi connectivity index (χ3n) is 4.06. The Bertz CT molecular complexity index is 229. The fourth-order valence-corrected chi connectivity index (χ4v) is 3.32. The highest BCUT2D eigenvalue weighted by atomic mass is 16.5. The Morgan fingerprint density at radius 1 is 1.35 bits per heavy atom. The average Bonchev–Trinajstić information content (AvgIpc) is 2.91. The van der Waals surface area contributed by atoms with Crippen molar-refractivity contribution in [2.75, 3.05) is 40.3 Å². The predicted molar refractivity (Wildman–Crippen MR) is 70.1 cm³/mol. The Morgan fingerprint density at radius 2 is 2.18 bits per heavy atom. The van der Waals surface area contributed by atoms with Crippen molar-refractivity contribution in [3.63, 3.8) is 0 Å². The van der Waals surface area contributed by atoms with Crippen LogP contribution >= 0.6 is 0 Å². The van der Waals surface area contributed by atoms with Gasteiger partial charge in [-0.2, -0.15) is 0 Å². The van der Waals surface area contributed by atoms with Crippen LogP contribution < -0.4 is 5.73 Å². The number of rotatable bonds is 5. The van der Waals surface area contributed by atoms with E-state index in [-0.39, 0.29) is 0 Å². The molecule has 17 heavy (non-hydrogen) atoms. The predicted octanol–water partition coefficient (Wildman–Crippen LogP) is 0.519. The molecule has 2 saturated heterocycles. The van der Waals surface area contributed by atoms with Crippen LogP contribution in [0.4, 0.5) is 0 Å². The number of ether oxygens (including phenoxy) is 1. The zero-order valence-corrected chi connectivity index (χ0v) is 11.3. The minimum Gasteiger partial charge on any atom is -0.377 e. The number of nitrogens with zero attached hydrogens (tertiary/aromatic N) is 2. The summed E-state index contributed by atoms with van der Waals surface area (Å²) < 4.78 is 5.84. The van der Waals surface area contributed by atoms with Crippen LogP contribution in [0.15, 0.2) is 0 Å². The van der Waals surface area contributed by atoms with Gasteiger partial charge in [0, 0.05) is 31.8 Å². The normalized spacial score (nSPS) is 32.5. The highest BCUT2D eigenvalue weighted by Gasteiger charge is 2.36. The summed E-state index contributed by atoms with van der Waals surface area (Å²) >= 11 is 0. The Balaban J connectivity index is 1.96. The Kier molecular flexibility index (Phi) is 4.79. The summed E-state index contributed by atoms with van der Waals surface area (Å²) in [5.41, 5.74) is 5.99. The lowest BCUT2D eigenvalue weighted by Crippen LogP contribution is -2.52. The summed E-state index contributed by atoms with van der Waals surface area (Å²) in [4.78, 5) is 4.89. The Labute approximate surface area is 105 Å². The van der Waals surface area contributed by atoms with Crippen molar-refractivity contribution in [3.8, 4) is 0 Å². The van der Waals surface area contributed by atoms with E-state index in [4.69, 9.17) is 10.5 Å². The van der Waals surface area contributed by atoms with Crippen molar-refractivity contribution in [2.45, 2.75) is 43.9 Å². The van der Waals surface area contributed by atoms with Gasteiger partial charge in [0.2, 0.25) is 0 Å². The number of likely N-dealkylation sites (N-methyl/N-ethyl adjacent to an activating group) is 1. The first-order chi connectivity index (χ1) is 8.22. The van der Waals surface area contributed by atoms with Crippen LogP contribution in [0.1, 0.15) is 25.7 Å². The van der Waals surface area contributed by atoms with Crippen LogP contribution in [0.5, 0.6) is 0 Å². The van der Waals surface area contributed by atoms with E-state index in [9.17, 15) is 0 Å². The van der Waals surface area contributed by atoms with Gasteiger partial charge in [-0.15, -0.1) is 0 Å². The molecule has 3 unspecified atom stereocenters. The number of likely N-dealkylation sites (tertiary alicyclic amines) is 1. The smallest absolute Gasteiger partial charge is 0.0743 e. The zero-order chi connectivity index (χ0) is 12.3. The average molecular weight is 241 g/mol. The number of hydrogen-bond donors (Lipinski definition) is 1. The molecule has 2 aliphatic heterocycles. The first-order valence-electron chi connectivity index (χ1n) is 6.94. The van der Waals surface area contributed by atoms with Crippen LogP contribution in [0.3, 0.4) is 0 Å². The van der Waals surface area contributed by atoms with Crippen molar-refractivity contribution in [2.24, 2.45) is 5.73 Å². The van der Waals surface area contributed by atoms with E-state index < -0.39 is 0 Å². The molecule has 2 N–H and O–H groups in total. The molecule has 2 aliphatic rings. The third kappa shape index (κ3) is 3.19. The van der Waals surface area contributed by atoms with Gasteiger partial charge in [-0.05, 0) is 46.3 Å². The molecule has 0 spiro atoms. The fraction of sp³-hybridized carbons (Fsp3) is 1.00. The maximum atomic E-state index is 5.99. The lowest BCUT2D eigenvalue weighted by molar-refractivity contribution is 0.0181. The standard InChI is InChI=1S/C13H27N3O/c1-15(2)10-11-5-3-7-16(11)12(9-14)13-6-4-8-17-13/h11-13H,3-10,14H2,1-2H3. The van der Waals surface area contributed by atoms with Crippen LogP contribution in [-0.4, -0.2) is 68.3 Å². The minimum absolute atomic E-state index is 0.378. The summed E-state index contributed by atoms with van der Waals surface area (Å²) in [5.74, 6) is 0. The largest absolute Gasteiger partial charge is 0.377 e. The van der Waals surface area contributed by atoms with E-state index in [2.05, 4.69) is 23.9 Å². The molecule has 0 aliphatic carbocycles. The molecule has 0 amide bonds. The molecule has 3 atom stereocenters. The van der Waals surface area contributed by atoms with E-state index in [1.54, 1.807) is 0 Å². The van der Waals surface area contributed by atoms with Gasteiger partial charge in [-0.25, -0.2) is 0 Å². The highest BCUT2D eigenvalue weighted by Crippen LogP contribution is 2.26. The lowest BCUT2D eigenvalue weighted by atomic mass is 10.0. The molecule has 100 valence electrons. The van der Waals surface area contributed by atoms with Crippen LogP contribution in [-0.2, 0) is 4.74 Å². The Morgan fingerprint density at radius 3 is 2.76 bits per heavy atom. The van der Waals surface area contributed by atoms with E-state index in [1.165, 1.54) is 32.2 Å². The maximum absolute atomic E-state index is 5.99. The van der Waals surface area contributed by atoms with Crippen LogP contribution in [0.25, 0.3) is 0 Å². The molecule has 0 aromatic rings. The SMILES string of the molecule is CN(C)CC1CCCN1C(CN)C1CCCO1. The lowest BCUT2D eigenvalue weighted by Gasteiger charge is -2.36. The molecule has 0 aromatic carbocycles. The van der Waals surface area contributed by atoms with Gasteiger partial charge < -0.3 is 15.4 Å². The van der Waals surface area contributed by atoms with Crippen molar-refractivity contribution in [1.29, 1.82) is 0 Å². The first-order valence-corrected chi connectivity index (χ1v) is 6.94. The minimum atomic E-state index is 0.378. The quantitative estimate of drug-likeness (QED) is 0.762. The van der Waals surface area contributed by atoms with Gasteiger partial charge in [0.05, 0.1) is 6.10 Å². The van der Waals surface area contributed by atoms with E-state index in [0.29, 0.717) is 18.2 Å². The van der Waals surface area contributed by atoms with Gasteiger partial charge in [0.25, 0.3) is 0 Å². The van der Waals surface area contributed by atoms with Crippen molar-refractivity contribution >= 4 is 0 Å². The number of hydrogen-bond acceptors (Lipinski definition) is 4. The monoisotopic (exact) mass is 241 g/mol. The van der Waals surface area contributed by atoms with Gasteiger partial charge in [-0.1, -0.05) is 0 Å². The summed E-state index contributed by atoms with van der Waals surface area (Å²) in [7, 11) is 4.31. The molecule has 0 bridgehead atoms. The van der Waals surface area contributed by atoms with Crippen LogP contribution in [0.2, 0.25) is 0 Å². The molecule has 0 aromatic heterocycles. The molecule has 4 nitrogen and oxygen atoms in total. The van der Waals surface area contributed by atoms with E-state index >= 15 is 0 Å². The topological polar surface area (TPSA) is 41.7 Å². The van der Waals surface area contributed by atoms with Gasteiger partial charge in [-0.3, -0.25) is 4.90 Å². The summed E-state index contributed by atoms with van der Waals surface area (Å²) in [6.45, 7) is 3.99. The van der Waals surface area contributed by atoms with E-state index in [1.807, 2.05) is 0 Å². The van der Waals surface area contributed by atoms with Crippen molar-refractivity contribution < 1.29 is 4.74 Å². The van der Waals surface area contributed by atoms with Gasteiger partial charge >= 0.3 is 0 Å². The van der Waals surface area contributed by atoms with Crippen molar-refractivity contribution in [3.05, 3.63) is 0 Å². The molecular weight excluding hydrogens is 214 g/mol. The second-order valence-corrected chi connectivity index (χ2v) is 5.65. The highest BCUT2D eigenvalue weighted by molar-refractivity contribution is 4.91. The van der Waals surface area contributed by atoms with E-state index in [0.717, 1.165) is 19.7 Å².